The molecular formula is C27H23ClF2N6O2. The van der Waals surface area contributed by atoms with Crippen LogP contribution in [-0.2, 0) is 4.74 Å². The van der Waals surface area contributed by atoms with Crippen molar-refractivity contribution in [2.75, 3.05) is 37.7 Å². The van der Waals surface area contributed by atoms with Crippen LogP contribution in [0.3, 0.4) is 0 Å². The number of anilines is 1. The lowest BCUT2D eigenvalue weighted by Gasteiger charge is -2.34. The normalized spacial score (nSPS) is 19.4. The quantitative estimate of drug-likeness (QED) is 0.381. The third-order valence-electron chi connectivity index (χ3n) is 6.92. The van der Waals surface area contributed by atoms with Crippen molar-refractivity contribution in [3.05, 3.63) is 53.2 Å². The fourth-order valence-electron chi connectivity index (χ4n) is 4.87. The van der Waals surface area contributed by atoms with Crippen molar-refractivity contribution in [2.45, 2.75) is 25.0 Å². The van der Waals surface area contributed by atoms with E-state index >= 15 is 4.39 Å². The van der Waals surface area contributed by atoms with Crippen molar-refractivity contribution >= 4 is 39.1 Å². The largest absolute Gasteiger partial charge is 0.461 e. The summed E-state index contributed by atoms with van der Waals surface area (Å²) >= 11 is 6.31. The second-order valence-corrected chi connectivity index (χ2v) is 9.71. The van der Waals surface area contributed by atoms with Gasteiger partial charge in [-0.2, -0.15) is 15.2 Å². The van der Waals surface area contributed by atoms with E-state index in [2.05, 4.69) is 26.3 Å². The van der Waals surface area contributed by atoms with Gasteiger partial charge >= 0.3 is 6.01 Å². The molecule has 38 heavy (non-hydrogen) atoms. The molecular weight excluding hydrogens is 514 g/mol. The Morgan fingerprint density at radius 3 is 2.89 bits per heavy atom. The van der Waals surface area contributed by atoms with Crippen molar-refractivity contribution in [1.82, 2.24) is 20.3 Å². The number of ether oxygens (including phenoxy) is 2. The van der Waals surface area contributed by atoms with Crippen LogP contribution >= 0.6 is 11.6 Å². The first-order valence-electron chi connectivity index (χ1n) is 12.4. The van der Waals surface area contributed by atoms with Crippen LogP contribution in [0.1, 0.15) is 12.8 Å². The topological polar surface area (TPSA) is 96.2 Å². The van der Waals surface area contributed by atoms with Crippen LogP contribution in [0.4, 0.5) is 14.6 Å². The van der Waals surface area contributed by atoms with Gasteiger partial charge in [-0.15, -0.1) is 0 Å². The lowest BCUT2D eigenvalue weighted by Crippen LogP contribution is -2.51. The molecule has 2 fully saturated rings. The monoisotopic (exact) mass is 536 g/mol. The number of rotatable bonds is 6. The summed E-state index contributed by atoms with van der Waals surface area (Å²) in [6, 6.07) is 10.2. The molecule has 1 unspecified atom stereocenters. The Kier molecular flexibility index (Phi) is 6.66. The SMILES string of the molecule is N#CC[C@H]1CN(c2nc(OCC3CCO3)nc3c(F)c(-c4cccc5ccc(F)c(Cl)c45)ncc23)CCN1. The summed E-state index contributed by atoms with van der Waals surface area (Å²) in [6.07, 6.45) is 2.67. The Morgan fingerprint density at radius 1 is 1.24 bits per heavy atom. The zero-order valence-electron chi connectivity index (χ0n) is 20.3. The fourth-order valence-corrected chi connectivity index (χ4v) is 5.14. The van der Waals surface area contributed by atoms with E-state index in [1.165, 1.54) is 12.3 Å². The molecule has 2 aliphatic heterocycles. The molecule has 2 atom stereocenters. The Balaban J connectivity index is 1.49. The van der Waals surface area contributed by atoms with Crippen LogP contribution in [0.25, 0.3) is 32.9 Å². The Bertz CT molecular complexity index is 1580. The summed E-state index contributed by atoms with van der Waals surface area (Å²) in [5.41, 5.74) is 0.383. The Labute approximate surface area is 222 Å². The van der Waals surface area contributed by atoms with Gasteiger partial charge in [0.2, 0.25) is 0 Å². The lowest BCUT2D eigenvalue weighted by molar-refractivity contribution is -0.0733. The number of benzene rings is 2. The molecule has 194 valence electrons. The molecule has 6 rings (SSSR count). The second kappa shape index (κ2) is 10.3. The third-order valence-corrected chi connectivity index (χ3v) is 7.29. The van der Waals surface area contributed by atoms with Crippen molar-refractivity contribution in [2.24, 2.45) is 0 Å². The molecule has 0 bridgehead atoms. The van der Waals surface area contributed by atoms with Crippen LogP contribution in [0.5, 0.6) is 6.01 Å². The zero-order valence-corrected chi connectivity index (χ0v) is 21.0. The average molecular weight is 537 g/mol. The van der Waals surface area contributed by atoms with Crippen molar-refractivity contribution in [3.63, 3.8) is 0 Å². The fraction of sp³-hybridized carbons (Fsp3) is 0.333. The highest BCUT2D eigenvalue weighted by molar-refractivity contribution is 6.36. The van der Waals surface area contributed by atoms with E-state index in [4.69, 9.17) is 21.1 Å². The molecule has 4 aromatic rings. The van der Waals surface area contributed by atoms with Crippen molar-refractivity contribution in [3.8, 4) is 23.3 Å². The van der Waals surface area contributed by atoms with Gasteiger partial charge in [0, 0.05) is 55.9 Å². The average Bonchev–Trinajstić information content (AvgIpc) is 2.90. The van der Waals surface area contributed by atoms with Crippen LogP contribution in [0.15, 0.2) is 36.5 Å². The Morgan fingerprint density at radius 2 is 2.11 bits per heavy atom. The molecule has 4 heterocycles. The number of aromatic nitrogens is 3. The van der Waals surface area contributed by atoms with Crippen LogP contribution < -0.4 is 15.0 Å². The summed E-state index contributed by atoms with van der Waals surface area (Å²) in [7, 11) is 0. The molecule has 1 N–H and O–H groups in total. The molecule has 0 aliphatic carbocycles. The first-order chi connectivity index (χ1) is 18.5. The molecule has 0 saturated carbocycles. The number of piperazine rings is 1. The van der Waals surface area contributed by atoms with Crippen molar-refractivity contribution < 1.29 is 18.3 Å². The van der Waals surface area contributed by atoms with E-state index in [9.17, 15) is 9.65 Å². The van der Waals surface area contributed by atoms with Gasteiger partial charge in [-0.3, -0.25) is 4.98 Å². The van der Waals surface area contributed by atoms with E-state index in [1.54, 1.807) is 24.3 Å². The minimum atomic E-state index is -0.688. The van der Waals surface area contributed by atoms with Gasteiger partial charge in [0.15, 0.2) is 5.82 Å². The van der Waals surface area contributed by atoms with E-state index in [1.807, 2.05) is 4.90 Å². The van der Waals surface area contributed by atoms with Gasteiger partial charge in [0.25, 0.3) is 0 Å². The number of pyridine rings is 1. The van der Waals surface area contributed by atoms with Crippen molar-refractivity contribution in [1.29, 1.82) is 5.26 Å². The van der Waals surface area contributed by atoms with Gasteiger partial charge in [-0.05, 0) is 11.5 Å². The summed E-state index contributed by atoms with van der Waals surface area (Å²) in [6.45, 7) is 2.67. The zero-order chi connectivity index (χ0) is 26.2. The summed E-state index contributed by atoms with van der Waals surface area (Å²) in [4.78, 5) is 15.5. The van der Waals surface area contributed by atoms with Crippen LogP contribution in [0.2, 0.25) is 5.02 Å². The number of nitriles is 1. The molecule has 0 spiro atoms. The van der Waals surface area contributed by atoms with E-state index in [-0.39, 0.29) is 41.0 Å². The minimum Gasteiger partial charge on any atom is -0.461 e. The number of halogens is 3. The highest BCUT2D eigenvalue weighted by Crippen LogP contribution is 2.38. The Hall–Kier alpha value is -3.65. The first-order valence-corrected chi connectivity index (χ1v) is 12.7. The van der Waals surface area contributed by atoms with Crippen LogP contribution in [0, 0.1) is 23.0 Å². The molecule has 2 aliphatic rings. The molecule has 2 aromatic carbocycles. The van der Waals surface area contributed by atoms with Gasteiger partial charge < -0.3 is 19.7 Å². The lowest BCUT2D eigenvalue weighted by atomic mass is 10.0. The first kappa shape index (κ1) is 24.7. The molecule has 11 heteroatoms. The molecule has 0 amide bonds. The van der Waals surface area contributed by atoms with Gasteiger partial charge in [0.05, 0.1) is 29.0 Å². The molecule has 2 aromatic heterocycles. The number of fused-ring (bicyclic) bond motifs is 2. The third kappa shape index (κ3) is 4.47. The number of nitrogens with zero attached hydrogens (tertiary/aromatic N) is 5. The summed E-state index contributed by atoms with van der Waals surface area (Å²) in [5.74, 6) is -0.812. The smallest absolute Gasteiger partial charge is 0.319 e. The highest BCUT2D eigenvalue weighted by atomic mass is 35.5. The van der Waals surface area contributed by atoms with Crippen LogP contribution in [-0.4, -0.2) is 59.9 Å². The maximum Gasteiger partial charge on any atom is 0.319 e. The second-order valence-electron chi connectivity index (χ2n) is 9.33. The molecule has 2 saturated heterocycles. The highest BCUT2D eigenvalue weighted by Gasteiger charge is 2.27. The predicted molar refractivity (Wildman–Crippen MR) is 139 cm³/mol. The van der Waals surface area contributed by atoms with E-state index in [0.29, 0.717) is 60.2 Å². The van der Waals surface area contributed by atoms with E-state index < -0.39 is 11.6 Å². The maximum absolute atomic E-state index is 16.3. The summed E-state index contributed by atoms with van der Waals surface area (Å²) in [5, 5.41) is 13.8. The number of hydrogen-bond acceptors (Lipinski definition) is 8. The molecule has 0 radical (unpaired) electrons. The van der Waals surface area contributed by atoms with Gasteiger partial charge in [0.1, 0.15) is 29.5 Å². The van der Waals surface area contributed by atoms with Gasteiger partial charge in [-0.25, -0.2) is 8.78 Å². The molecule has 8 nitrogen and oxygen atoms in total. The number of nitrogens with one attached hydrogen (secondary N) is 1. The summed E-state index contributed by atoms with van der Waals surface area (Å²) < 4.78 is 41.9. The minimum absolute atomic E-state index is 0.00352. The van der Waals surface area contributed by atoms with E-state index in [0.717, 1.165) is 6.42 Å². The number of hydrogen-bond donors (Lipinski definition) is 1. The standard InChI is InChI=1S/C27H23ClF2N6O2/c28-22-20(29)5-4-15-2-1-3-18(21(15)22)24-23(30)25-19(12-33-24)26(36-10-9-32-16(13-36)6-8-31)35-27(34-25)38-14-17-7-11-37-17/h1-5,12,16-17,32H,6-7,9-11,13-14H2/t16-,17?/m0/s1. The van der Waals surface area contributed by atoms with Gasteiger partial charge in [-0.1, -0.05) is 35.9 Å². The predicted octanol–water partition coefficient (Wildman–Crippen LogP) is 4.64. The maximum atomic E-state index is 16.3.